The van der Waals surface area contributed by atoms with Crippen molar-refractivity contribution >= 4 is 47.3 Å². The monoisotopic (exact) mass is 431 g/mol. The van der Waals surface area contributed by atoms with Gasteiger partial charge in [-0.15, -0.1) is 23.5 Å². The summed E-state index contributed by atoms with van der Waals surface area (Å²) in [7, 11) is 1.30. The fourth-order valence-corrected chi connectivity index (χ4v) is 4.86. The molecule has 0 aromatic rings. The lowest BCUT2D eigenvalue weighted by Crippen LogP contribution is -2.46. The van der Waals surface area contributed by atoms with Gasteiger partial charge in [-0.2, -0.15) is 0 Å². The van der Waals surface area contributed by atoms with E-state index in [4.69, 9.17) is 4.74 Å². The van der Waals surface area contributed by atoms with Crippen molar-refractivity contribution in [2.75, 3.05) is 26.2 Å². The van der Waals surface area contributed by atoms with Crippen molar-refractivity contribution in [1.29, 1.82) is 0 Å². The van der Waals surface area contributed by atoms with Crippen LogP contribution in [0.25, 0.3) is 0 Å². The molecule has 7 nitrogen and oxygen atoms in total. The first-order valence-corrected chi connectivity index (χ1v) is 11.7. The van der Waals surface area contributed by atoms with Crippen molar-refractivity contribution < 1.29 is 28.7 Å². The van der Waals surface area contributed by atoms with E-state index in [9.17, 15) is 19.2 Å². The van der Waals surface area contributed by atoms with Crippen LogP contribution in [-0.2, 0) is 28.7 Å². The molecule has 0 bridgehead atoms. The molecular weight excluding hydrogens is 402 g/mol. The minimum atomic E-state index is -0.585. The summed E-state index contributed by atoms with van der Waals surface area (Å²) in [6.45, 7) is 1.69. The Labute approximate surface area is 174 Å². The lowest BCUT2D eigenvalue weighted by Gasteiger charge is -2.31. The van der Waals surface area contributed by atoms with E-state index in [0.29, 0.717) is 13.0 Å². The largest absolute Gasteiger partial charge is 0.469 e. The summed E-state index contributed by atoms with van der Waals surface area (Å²) in [5.41, 5.74) is 0. The maximum absolute atomic E-state index is 13.1. The van der Waals surface area contributed by atoms with Gasteiger partial charge >= 0.3 is 11.9 Å². The number of methoxy groups -OCH3 is 1. The van der Waals surface area contributed by atoms with E-state index >= 15 is 0 Å². The SMILES string of the molecule is COC(=O)C/C=C/CC(=O)N1CCCCC(C(OC(C)=O)C(SC)SC)C1=O. The number of hydrogen-bond acceptors (Lipinski definition) is 8. The molecule has 1 rings (SSSR count). The lowest BCUT2D eigenvalue weighted by molar-refractivity contribution is -0.155. The molecule has 1 heterocycles. The highest BCUT2D eigenvalue weighted by molar-refractivity contribution is 8.16. The second kappa shape index (κ2) is 12.9. The van der Waals surface area contributed by atoms with Crippen molar-refractivity contribution in [3.63, 3.8) is 0 Å². The van der Waals surface area contributed by atoms with E-state index in [1.165, 1.54) is 42.5 Å². The molecule has 0 spiro atoms. The number of nitrogens with zero attached hydrogens (tertiary/aromatic N) is 1. The Balaban J connectivity index is 2.91. The molecule has 9 heteroatoms. The second-order valence-electron chi connectivity index (χ2n) is 6.36. The summed E-state index contributed by atoms with van der Waals surface area (Å²) in [6.07, 6.45) is 8.56. The average molecular weight is 432 g/mol. The molecule has 28 heavy (non-hydrogen) atoms. The number of ether oxygens (including phenoxy) is 2. The Morgan fingerprint density at radius 3 is 2.39 bits per heavy atom. The first-order chi connectivity index (χ1) is 13.3. The Kier molecular flexibility index (Phi) is 11.3. The first kappa shape index (κ1) is 24.6. The summed E-state index contributed by atoms with van der Waals surface area (Å²) < 4.78 is 9.97. The maximum atomic E-state index is 13.1. The minimum Gasteiger partial charge on any atom is -0.469 e. The number of carbonyl (C=O) groups is 4. The van der Waals surface area contributed by atoms with Crippen LogP contribution in [0.15, 0.2) is 12.2 Å². The molecule has 158 valence electrons. The fourth-order valence-electron chi connectivity index (χ4n) is 3.06. The zero-order valence-corrected chi connectivity index (χ0v) is 18.5. The van der Waals surface area contributed by atoms with E-state index in [1.54, 1.807) is 12.2 Å². The van der Waals surface area contributed by atoms with Gasteiger partial charge in [0.1, 0.15) is 6.10 Å². The van der Waals surface area contributed by atoms with Crippen LogP contribution in [0, 0.1) is 5.92 Å². The molecule has 2 unspecified atom stereocenters. The molecule has 1 aliphatic rings. The van der Waals surface area contributed by atoms with Gasteiger partial charge in [-0.05, 0) is 25.4 Å². The number of rotatable bonds is 9. The third kappa shape index (κ3) is 7.50. The Hall–Kier alpha value is -1.48. The Bertz CT molecular complexity index is 591. The number of imide groups is 1. The van der Waals surface area contributed by atoms with Crippen LogP contribution < -0.4 is 0 Å². The molecule has 0 saturated carbocycles. The van der Waals surface area contributed by atoms with Gasteiger partial charge in [0.15, 0.2) is 0 Å². The van der Waals surface area contributed by atoms with Gasteiger partial charge in [0.2, 0.25) is 11.8 Å². The standard InChI is InChI=1S/C19H29NO6S2/c1-13(21)26-17(19(27-3)28-4)14-9-7-8-12-20(18(14)24)15(22)10-5-6-11-16(23)25-2/h5-6,14,17,19H,7-12H2,1-4H3/b6-5+. The summed E-state index contributed by atoms with van der Waals surface area (Å²) in [4.78, 5) is 49.7. The van der Waals surface area contributed by atoms with E-state index in [1.807, 2.05) is 12.5 Å². The number of likely N-dealkylation sites (tertiary alicyclic amines) is 1. The van der Waals surface area contributed by atoms with Crippen molar-refractivity contribution in [2.24, 2.45) is 5.92 Å². The maximum Gasteiger partial charge on any atom is 0.309 e. The van der Waals surface area contributed by atoms with Crippen molar-refractivity contribution in [3.8, 4) is 0 Å². The second-order valence-corrected chi connectivity index (χ2v) is 8.61. The molecule has 0 radical (unpaired) electrons. The molecule has 0 aromatic carbocycles. The highest BCUT2D eigenvalue weighted by Crippen LogP contribution is 2.34. The third-order valence-electron chi connectivity index (χ3n) is 4.43. The highest BCUT2D eigenvalue weighted by atomic mass is 32.2. The topological polar surface area (TPSA) is 90.0 Å². The van der Waals surface area contributed by atoms with Crippen molar-refractivity contribution in [2.45, 2.75) is 49.7 Å². The smallest absolute Gasteiger partial charge is 0.309 e. The zero-order valence-electron chi connectivity index (χ0n) is 16.8. The molecule has 1 fully saturated rings. The van der Waals surface area contributed by atoms with Crippen LogP contribution in [-0.4, -0.2) is 65.5 Å². The number of carbonyl (C=O) groups excluding carboxylic acids is 4. The van der Waals surface area contributed by atoms with E-state index < -0.39 is 18.0 Å². The van der Waals surface area contributed by atoms with Crippen LogP contribution in [0.5, 0.6) is 0 Å². The van der Waals surface area contributed by atoms with E-state index in [0.717, 1.165) is 12.8 Å². The molecule has 2 atom stereocenters. The molecule has 1 aliphatic heterocycles. The number of amides is 2. The van der Waals surface area contributed by atoms with Crippen LogP contribution in [0.4, 0.5) is 0 Å². The average Bonchev–Trinajstić information content (AvgIpc) is 2.86. The molecule has 0 aliphatic carbocycles. The predicted octanol–water partition coefficient (Wildman–Crippen LogP) is 2.63. The van der Waals surface area contributed by atoms with Gasteiger partial charge < -0.3 is 9.47 Å². The lowest BCUT2D eigenvalue weighted by atomic mass is 9.96. The summed E-state index contributed by atoms with van der Waals surface area (Å²) >= 11 is 3.06. The molecule has 0 aromatic heterocycles. The van der Waals surface area contributed by atoms with Crippen LogP contribution in [0.1, 0.15) is 39.0 Å². The highest BCUT2D eigenvalue weighted by Gasteiger charge is 2.40. The predicted molar refractivity (Wildman–Crippen MR) is 111 cm³/mol. The van der Waals surface area contributed by atoms with Crippen molar-refractivity contribution in [3.05, 3.63) is 12.2 Å². The third-order valence-corrected chi connectivity index (χ3v) is 7.05. The minimum absolute atomic E-state index is 0.0299. The van der Waals surface area contributed by atoms with Gasteiger partial charge in [0.05, 0.1) is 24.0 Å². The van der Waals surface area contributed by atoms with Gasteiger partial charge in [0, 0.05) is 19.9 Å². The van der Waals surface area contributed by atoms with E-state index in [2.05, 4.69) is 4.74 Å². The van der Waals surface area contributed by atoms with Crippen molar-refractivity contribution in [1.82, 2.24) is 4.90 Å². The van der Waals surface area contributed by atoms with Crippen LogP contribution in [0.2, 0.25) is 0 Å². The normalized spacial score (nSPS) is 18.8. The number of hydrogen-bond donors (Lipinski definition) is 0. The van der Waals surface area contributed by atoms with Gasteiger partial charge in [-0.25, -0.2) is 0 Å². The number of thioether (sulfide) groups is 2. The van der Waals surface area contributed by atoms with Gasteiger partial charge in [0.25, 0.3) is 0 Å². The van der Waals surface area contributed by atoms with Crippen LogP contribution >= 0.6 is 23.5 Å². The van der Waals surface area contributed by atoms with E-state index in [-0.39, 0.29) is 35.2 Å². The molecule has 0 N–H and O–H groups in total. The molecular formula is C19H29NO6S2. The van der Waals surface area contributed by atoms with Gasteiger partial charge in [-0.1, -0.05) is 18.6 Å². The Morgan fingerprint density at radius 2 is 1.82 bits per heavy atom. The summed E-state index contributed by atoms with van der Waals surface area (Å²) in [5, 5.41) is 0. The number of esters is 2. The Morgan fingerprint density at radius 1 is 1.18 bits per heavy atom. The first-order valence-electron chi connectivity index (χ1n) is 9.14. The quantitative estimate of drug-likeness (QED) is 0.313. The van der Waals surface area contributed by atoms with Gasteiger partial charge in [-0.3, -0.25) is 24.1 Å². The van der Waals surface area contributed by atoms with Crippen LogP contribution in [0.3, 0.4) is 0 Å². The molecule has 2 amide bonds. The molecule has 1 saturated heterocycles. The zero-order chi connectivity index (χ0) is 21.1. The summed E-state index contributed by atoms with van der Waals surface area (Å²) in [5.74, 6) is -1.97. The summed E-state index contributed by atoms with van der Waals surface area (Å²) in [6, 6.07) is 0. The fraction of sp³-hybridized carbons (Fsp3) is 0.684.